The van der Waals surface area contributed by atoms with E-state index in [0.717, 1.165) is 89.9 Å². The highest BCUT2D eigenvalue weighted by atomic mass is 31.2. The van der Waals surface area contributed by atoms with Crippen molar-refractivity contribution in [1.29, 1.82) is 0 Å². The van der Waals surface area contributed by atoms with Crippen LogP contribution in [0.1, 0.15) is 233 Å². The molecule has 0 heterocycles. The second-order valence-corrected chi connectivity index (χ2v) is 20.5. The van der Waals surface area contributed by atoms with Gasteiger partial charge in [-0.2, -0.15) is 0 Å². The molecule has 0 aromatic carbocycles. The van der Waals surface area contributed by atoms with E-state index in [9.17, 15) is 19.0 Å². The first kappa shape index (κ1) is 62.0. The molecule has 3 atom stereocenters. The minimum atomic E-state index is -4.44. The topological polar surface area (TPSA) is 111 Å². The molecule has 0 aliphatic rings. The number of nitrogens with zero attached hydrogens (tertiary/aromatic N) is 1. The molecule has 0 saturated carbocycles. The van der Waals surface area contributed by atoms with Crippen molar-refractivity contribution in [3.63, 3.8) is 0 Å². The van der Waals surface area contributed by atoms with Gasteiger partial charge in [0.15, 0.2) is 0 Å². The zero-order chi connectivity index (χ0) is 47.3. The molecular formula is C54H102N2O7P+. The number of carbonyl (C=O) groups is 2. The Morgan fingerprint density at radius 1 is 0.562 bits per heavy atom. The lowest BCUT2D eigenvalue weighted by Crippen LogP contribution is -2.47. The van der Waals surface area contributed by atoms with Crippen molar-refractivity contribution in [2.24, 2.45) is 0 Å². The van der Waals surface area contributed by atoms with Gasteiger partial charge in [0.25, 0.3) is 0 Å². The first-order valence-corrected chi connectivity index (χ1v) is 28.0. The predicted octanol–water partition coefficient (Wildman–Crippen LogP) is 15.4. The molecule has 10 heteroatoms. The molecule has 64 heavy (non-hydrogen) atoms. The van der Waals surface area contributed by atoms with Gasteiger partial charge in [0.2, 0.25) is 5.91 Å². The Morgan fingerprint density at radius 3 is 1.52 bits per heavy atom. The number of esters is 1. The van der Waals surface area contributed by atoms with Gasteiger partial charge < -0.3 is 19.4 Å². The molecule has 0 fully saturated rings. The summed E-state index contributed by atoms with van der Waals surface area (Å²) < 4.78 is 30.5. The van der Waals surface area contributed by atoms with E-state index in [-0.39, 0.29) is 31.5 Å². The number of nitrogens with one attached hydrogen (secondary N) is 1. The highest BCUT2D eigenvalue weighted by Crippen LogP contribution is 2.43. The van der Waals surface area contributed by atoms with E-state index >= 15 is 0 Å². The Morgan fingerprint density at radius 2 is 1.00 bits per heavy atom. The number of phosphoric acid groups is 1. The Balaban J connectivity index is 5.43. The zero-order valence-electron chi connectivity index (χ0n) is 42.5. The van der Waals surface area contributed by atoms with Crippen molar-refractivity contribution in [2.45, 2.75) is 245 Å². The molecule has 374 valence electrons. The number of amides is 1. The number of carbonyl (C=O) groups excluding carboxylic acids is 2. The fraction of sp³-hybridized carbons (Fsp3) is 0.815. The number of hydrogen-bond donors (Lipinski definition) is 2. The number of rotatable bonds is 47. The molecule has 0 aliphatic heterocycles. The molecule has 1 amide bonds. The van der Waals surface area contributed by atoms with Crippen LogP contribution in [-0.2, 0) is 27.9 Å². The Bertz CT molecular complexity index is 1240. The van der Waals surface area contributed by atoms with Crippen molar-refractivity contribution in [2.75, 3.05) is 40.9 Å². The van der Waals surface area contributed by atoms with Gasteiger partial charge in [-0.05, 0) is 83.1 Å². The lowest BCUT2D eigenvalue weighted by Gasteiger charge is -2.27. The van der Waals surface area contributed by atoms with E-state index < -0.39 is 20.0 Å². The van der Waals surface area contributed by atoms with Crippen molar-refractivity contribution in [3.05, 3.63) is 48.6 Å². The average Bonchev–Trinajstić information content (AvgIpc) is 3.25. The largest absolute Gasteiger partial charge is 0.472 e. The molecule has 0 aromatic rings. The zero-order valence-corrected chi connectivity index (χ0v) is 43.4. The van der Waals surface area contributed by atoms with Crippen molar-refractivity contribution in [3.8, 4) is 0 Å². The number of ether oxygens (including phenoxy) is 1. The maximum Gasteiger partial charge on any atom is 0.472 e. The summed E-state index contributed by atoms with van der Waals surface area (Å²) in [5.74, 6) is -0.534. The van der Waals surface area contributed by atoms with Gasteiger partial charge in [0.05, 0.1) is 33.8 Å². The van der Waals surface area contributed by atoms with Crippen molar-refractivity contribution < 1.29 is 37.3 Å². The highest BCUT2D eigenvalue weighted by Gasteiger charge is 2.30. The van der Waals surface area contributed by atoms with Gasteiger partial charge in [0.1, 0.15) is 19.3 Å². The number of likely N-dealkylation sites (N-methyl/N-ethyl adjacent to an activating group) is 1. The van der Waals surface area contributed by atoms with E-state index in [1.165, 1.54) is 103 Å². The van der Waals surface area contributed by atoms with Crippen LogP contribution >= 0.6 is 7.82 Å². The Hall–Kier alpha value is -2.03. The van der Waals surface area contributed by atoms with Gasteiger partial charge in [-0.15, -0.1) is 0 Å². The fourth-order valence-corrected chi connectivity index (χ4v) is 8.12. The number of phosphoric ester groups is 1. The standard InChI is InChI=1S/C54H101N2O7P/c1-7-10-13-16-19-22-25-27-29-31-34-37-40-43-46-53(57)55-51(50-62-64(59,60)61-49-48-56(4,5)6)52(45-42-39-36-33-30-24-21-18-15-12-9-3)63-54(58)47-44-41-38-35-32-28-26-23-20-17-14-11-8-2/h10,13,19,22,28,32,42,45,51-52H,7-9,11-12,14-18,20-21,23-27,29-31,33-41,43-44,46-50H2,1-6H3,(H-,55,57,59,60)/p+1/b13-10+,22-19+,32-28-,45-42+. The normalized spacial score (nSPS) is 14.3. The summed E-state index contributed by atoms with van der Waals surface area (Å²) >= 11 is 0. The fourth-order valence-electron chi connectivity index (χ4n) is 7.38. The quantitative estimate of drug-likeness (QED) is 0.0206. The number of quaternary nitrogens is 1. The van der Waals surface area contributed by atoms with Gasteiger partial charge in [0, 0.05) is 12.8 Å². The van der Waals surface area contributed by atoms with Crippen molar-refractivity contribution >= 4 is 19.7 Å². The third-order valence-corrected chi connectivity index (χ3v) is 12.5. The van der Waals surface area contributed by atoms with E-state index in [0.29, 0.717) is 23.9 Å². The minimum Gasteiger partial charge on any atom is -0.456 e. The number of unbranched alkanes of at least 4 members (excludes halogenated alkanes) is 25. The summed E-state index contributed by atoms with van der Waals surface area (Å²) in [4.78, 5) is 37.4. The van der Waals surface area contributed by atoms with Crippen LogP contribution in [0.25, 0.3) is 0 Å². The average molecular weight is 922 g/mol. The summed E-state index contributed by atoms with van der Waals surface area (Å²) in [5, 5.41) is 3.03. The van der Waals surface area contributed by atoms with E-state index in [2.05, 4.69) is 62.5 Å². The molecule has 0 aromatic heterocycles. The summed E-state index contributed by atoms with van der Waals surface area (Å²) in [7, 11) is 1.48. The lowest BCUT2D eigenvalue weighted by molar-refractivity contribution is -0.870. The van der Waals surface area contributed by atoms with Crippen LogP contribution in [0, 0.1) is 0 Å². The minimum absolute atomic E-state index is 0.0360. The summed E-state index contributed by atoms with van der Waals surface area (Å²) in [6.45, 7) is 6.86. The summed E-state index contributed by atoms with van der Waals surface area (Å²) in [6.07, 6.45) is 52.5. The van der Waals surface area contributed by atoms with Gasteiger partial charge >= 0.3 is 13.8 Å². The lowest BCUT2D eigenvalue weighted by atomic mass is 10.1. The van der Waals surface area contributed by atoms with Crippen LogP contribution in [0.5, 0.6) is 0 Å². The van der Waals surface area contributed by atoms with E-state index in [1.54, 1.807) is 0 Å². The predicted molar refractivity (Wildman–Crippen MR) is 272 cm³/mol. The third-order valence-electron chi connectivity index (χ3n) is 11.5. The maximum absolute atomic E-state index is 13.4. The second kappa shape index (κ2) is 44.8. The third kappa shape index (κ3) is 45.1. The van der Waals surface area contributed by atoms with Crippen LogP contribution in [0.2, 0.25) is 0 Å². The van der Waals surface area contributed by atoms with Crippen LogP contribution in [0.3, 0.4) is 0 Å². The monoisotopic (exact) mass is 922 g/mol. The molecule has 0 radical (unpaired) electrons. The highest BCUT2D eigenvalue weighted by molar-refractivity contribution is 7.47. The van der Waals surface area contributed by atoms with Gasteiger partial charge in [-0.1, -0.05) is 185 Å². The van der Waals surface area contributed by atoms with Crippen LogP contribution < -0.4 is 5.32 Å². The first-order valence-electron chi connectivity index (χ1n) is 26.5. The Labute approximate surface area is 395 Å². The Kier molecular flexibility index (Phi) is 43.4. The smallest absolute Gasteiger partial charge is 0.456 e. The first-order chi connectivity index (χ1) is 30.9. The van der Waals surface area contributed by atoms with Gasteiger partial charge in [-0.25, -0.2) is 4.57 Å². The molecule has 0 rings (SSSR count). The van der Waals surface area contributed by atoms with Gasteiger partial charge in [-0.3, -0.25) is 18.6 Å². The molecule has 9 nitrogen and oxygen atoms in total. The second-order valence-electron chi connectivity index (χ2n) is 19.0. The molecule has 3 unspecified atom stereocenters. The molecule has 0 spiro atoms. The summed E-state index contributed by atoms with van der Waals surface area (Å²) in [5.41, 5.74) is 0. The number of allylic oxidation sites excluding steroid dienone is 7. The van der Waals surface area contributed by atoms with E-state index in [1.807, 2.05) is 33.3 Å². The number of hydrogen-bond acceptors (Lipinski definition) is 6. The van der Waals surface area contributed by atoms with E-state index in [4.69, 9.17) is 13.8 Å². The molecule has 0 saturated heterocycles. The maximum atomic E-state index is 13.4. The summed E-state index contributed by atoms with van der Waals surface area (Å²) in [6, 6.07) is -0.855. The van der Waals surface area contributed by atoms with Crippen LogP contribution in [0.15, 0.2) is 48.6 Å². The molecule has 0 bridgehead atoms. The molecular weight excluding hydrogens is 820 g/mol. The molecule has 0 aliphatic carbocycles. The molecule has 2 N–H and O–H groups in total. The van der Waals surface area contributed by atoms with Crippen LogP contribution in [-0.4, -0.2) is 74.3 Å². The van der Waals surface area contributed by atoms with Crippen molar-refractivity contribution in [1.82, 2.24) is 5.32 Å². The SMILES string of the molecule is CC/C=C/C/C=C/CCCCCCCCCC(=O)NC(COP(=O)(O)OCC[N+](C)(C)C)C(/C=C/CCCCCCCCCCC)OC(=O)CCCCC/C=C\CCCCCCCC. The van der Waals surface area contributed by atoms with Crippen LogP contribution in [0.4, 0.5) is 0 Å².